The zero-order valence-electron chi connectivity index (χ0n) is 12.5. The summed E-state index contributed by atoms with van der Waals surface area (Å²) < 4.78 is 5.68. The number of pyridine rings is 1. The first-order valence-corrected chi connectivity index (χ1v) is 7.15. The number of ether oxygens (including phenoxy) is 1. The third-order valence-electron chi connectivity index (χ3n) is 3.73. The highest BCUT2D eigenvalue weighted by atomic mass is 16.6. The fourth-order valence-corrected chi connectivity index (χ4v) is 2.41. The van der Waals surface area contributed by atoms with Gasteiger partial charge in [-0.3, -0.25) is 19.9 Å². The molecule has 1 saturated heterocycles. The summed E-state index contributed by atoms with van der Waals surface area (Å²) in [5.41, 5.74) is 0.814. The summed E-state index contributed by atoms with van der Waals surface area (Å²) in [5, 5.41) is 11.0. The number of hydrogen-bond donors (Lipinski definition) is 0. The summed E-state index contributed by atoms with van der Waals surface area (Å²) in [6.07, 6.45) is 3.20. The van der Waals surface area contributed by atoms with Crippen LogP contribution in [0.1, 0.15) is 15.9 Å². The summed E-state index contributed by atoms with van der Waals surface area (Å²) >= 11 is 0. The topological polar surface area (TPSA) is 85.6 Å². The number of nitrogens with zero attached hydrogens (tertiary/aromatic N) is 3. The van der Waals surface area contributed by atoms with Gasteiger partial charge in [0, 0.05) is 23.4 Å². The molecule has 1 aliphatic heterocycles. The second-order valence-electron chi connectivity index (χ2n) is 5.40. The molecule has 0 aliphatic carbocycles. The van der Waals surface area contributed by atoms with Crippen molar-refractivity contribution in [3.63, 3.8) is 0 Å². The molecule has 7 heteroatoms. The molecule has 0 atom stereocenters. The largest absolute Gasteiger partial charge is 0.485 e. The third kappa shape index (κ3) is 3.13. The zero-order valence-corrected chi connectivity index (χ0v) is 12.5. The van der Waals surface area contributed by atoms with Crippen LogP contribution in [0.4, 0.5) is 5.69 Å². The van der Waals surface area contributed by atoms with E-state index in [1.165, 1.54) is 6.07 Å². The van der Waals surface area contributed by atoms with Crippen molar-refractivity contribution < 1.29 is 14.5 Å². The Hall–Kier alpha value is -2.96. The van der Waals surface area contributed by atoms with Crippen LogP contribution in [-0.2, 0) is 0 Å². The van der Waals surface area contributed by atoms with Crippen LogP contribution in [0, 0.1) is 17.0 Å². The van der Waals surface area contributed by atoms with Gasteiger partial charge in [0.25, 0.3) is 11.6 Å². The van der Waals surface area contributed by atoms with Gasteiger partial charge in [0.2, 0.25) is 0 Å². The van der Waals surface area contributed by atoms with E-state index in [9.17, 15) is 14.9 Å². The molecule has 0 bridgehead atoms. The van der Waals surface area contributed by atoms with Crippen LogP contribution in [0.5, 0.6) is 5.75 Å². The van der Waals surface area contributed by atoms with Crippen molar-refractivity contribution in [3.05, 3.63) is 64.0 Å². The van der Waals surface area contributed by atoms with E-state index in [2.05, 4.69) is 4.98 Å². The molecule has 1 aliphatic rings. The molecule has 118 valence electrons. The van der Waals surface area contributed by atoms with Gasteiger partial charge in [0.1, 0.15) is 11.9 Å². The highest BCUT2D eigenvalue weighted by Gasteiger charge is 2.33. The fourth-order valence-electron chi connectivity index (χ4n) is 2.41. The van der Waals surface area contributed by atoms with Crippen LogP contribution >= 0.6 is 0 Å². The second-order valence-corrected chi connectivity index (χ2v) is 5.40. The van der Waals surface area contributed by atoms with E-state index in [0.29, 0.717) is 30.0 Å². The Balaban J connectivity index is 1.63. The van der Waals surface area contributed by atoms with Crippen molar-refractivity contribution in [2.45, 2.75) is 13.0 Å². The summed E-state index contributed by atoms with van der Waals surface area (Å²) in [6.45, 7) is 2.55. The van der Waals surface area contributed by atoms with Crippen LogP contribution < -0.4 is 4.74 Å². The second kappa shape index (κ2) is 6.04. The van der Waals surface area contributed by atoms with Crippen LogP contribution in [0.2, 0.25) is 0 Å². The summed E-state index contributed by atoms with van der Waals surface area (Å²) in [5.74, 6) is 0.440. The van der Waals surface area contributed by atoms with E-state index in [0.717, 1.165) is 0 Å². The molecule has 1 aromatic heterocycles. The van der Waals surface area contributed by atoms with Crippen molar-refractivity contribution in [1.29, 1.82) is 0 Å². The lowest BCUT2D eigenvalue weighted by Gasteiger charge is -2.38. The van der Waals surface area contributed by atoms with Crippen molar-refractivity contribution >= 4 is 11.6 Å². The van der Waals surface area contributed by atoms with E-state index < -0.39 is 4.92 Å². The van der Waals surface area contributed by atoms with E-state index in [1.54, 1.807) is 48.5 Å². The minimum atomic E-state index is -0.476. The molecule has 0 saturated carbocycles. The Bertz CT molecular complexity index is 742. The normalized spacial score (nSPS) is 14.2. The minimum Gasteiger partial charge on any atom is -0.485 e. The number of nitro benzene ring substituents is 1. The summed E-state index contributed by atoms with van der Waals surface area (Å²) in [4.78, 5) is 28.4. The van der Waals surface area contributed by atoms with Gasteiger partial charge in [-0.2, -0.15) is 0 Å². The molecule has 0 spiro atoms. The molecule has 1 fully saturated rings. The molecule has 0 unspecified atom stereocenters. The number of hydrogen-bond acceptors (Lipinski definition) is 5. The number of aryl methyl sites for hydroxylation is 1. The lowest BCUT2D eigenvalue weighted by atomic mass is 10.1. The first kappa shape index (κ1) is 15.0. The van der Waals surface area contributed by atoms with Crippen LogP contribution in [0.15, 0.2) is 42.7 Å². The van der Waals surface area contributed by atoms with Crippen LogP contribution in [0.3, 0.4) is 0 Å². The first-order valence-electron chi connectivity index (χ1n) is 7.15. The van der Waals surface area contributed by atoms with E-state index >= 15 is 0 Å². The Morgan fingerprint density at radius 1 is 1.39 bits per heavy atom. The maximum Gasteiger partial charge on any atom is 0.273 e. The highest BCUT2D eigenvalue weighted by molar-refractivity contribution is 5.95. The molecule has 0 N–H and O–H groups in total. The van der Waals surface area contributed by atoms with Crippen molar-refractivity contribution in [2.24, 2.45) is 0 Å². The number of benzene rings is 1. The van der Waals surface area contributed by atoms with E-state index in [1.807, 2.05) is 0 Å². The molecular weight excluding hydrogens is 298 g/mol. The van der Waals surface area contributed by atoms with Crippen LogP contribution in [0.25, 0.3) is 0 Å². The van der Waals surface area contributed by atoms with E-state index in [-0.39, 0.29) is 17.7 Å². The number of nitro groups is 1. The molecule has 3 rings (SSSR count). The predicted octanol–water partition coefficient (Wildman–Crippen LogP) is 2.20. The zero-order chi connectivity index (χ0) is 16.4. The lowest BCUT2D eigenvalue weighted by Crippen LogP contribution is -2.56. The number of rotatable bonds is 4. The average molecular weight is 313 g/mol. The van der Waals surface area contributed by atoms with Gasteiger partial charge in [-0.15, -0.1) is 0 Å². The third-order valence-corrected chi connectivity index (χ3v) is 3.73. The molecular formula is C16H15N3O4. The van der Waals surface area contributed by atoms with E-state index in [4.69, 9.17) is 4.74 Å². The fraction of sp³-hybridized carbons (Fsp3) is 0.250. The van der Waals surface area contributed by atoms with Gasteiger partial charge in [0.15, 0.2) is 0 Å². The first-order chi connectivity index (χ1) is 11.0. The highest BCUT2D eigenvalue weighted by Crippen LogP contribution is 2.23. The van der Waals surface area contributed by atoms with Gasteiger partial charge in [0.05, 0.1) is 24.2 Å². The number of carbonyl (C=O) groups excluding carboxylic acids is 1. The quantitative estimate of drug-likeness (QED) is 0.638. The number of carbonyl (C=O) groups is 1. The number of amides is 1. The van der Waals surface area contributed by atoms with Gasteiger partial charge < -0.3 is 9.64 Å². The van der Waals surface area contributed by atoms with Crippen molar-refractivity contribution in [1.82, 2.24) is 9.88 Å². The summed E-state index contributed by atoms with van der Waals surface area (Å²) in [7, 11) is 0. The molecule has 7 nitrogen and oxygen atoms in total. The average Bonchev–Trinajstić information content (AvgIpc) is 2.51. The molecule has 2 aromatic rings. The van der Waals surface area contributed by atoms with Gasteiger partial charge in [-0.25, -0.2) is 0 Å². The SMILES string of the molecule is Cc1ccc(C(=O)N2CC(Oc3cccnc3)C2)cc1[N+](=O)[O-]. The Morgan fingerprint density at radius 2 is 2.17 bits per heavy atom. The maximum absolute atomic E-state index is 12.3. The number of aromatic nitrogens is 1. The standard InChI is InChI=1S/C16H15N3O4/c1-11-4-5-12(7-15(11)19(21)22)16(20)18-9-14(10-18)23-13-3-2-6-17-8-13/h2-8,14H,9-10H2,1H3. The van der Waals surface area contributed by atoms with Gasteiger partial charge in [-0.05, 0) is 25.1 Å². The van der Waals surface area contributed by atoms with Crippen LogP contribution in [-0.4, -0.2) is 39.9 Å². The Labute approximate surface area is 132 Å². The predicted molar refractivity (Wildman–Crippen MR) is 82.4 cm³/mol. The Kier molecular flexibility index (Phi) is 3.92. The van der Waals surface area contributed by atoms with Crippen molar-refractivity contribution in [2.75, 3.05) is 13.1 Å². The molecule has 23 heavy (non-hydrogen) atoms. The maximum atomic E-state index is 12.3. The lowest BCUT2D eigenvalue weighted by molar-refractivity contribution is -0.385. The van der Waals surface area contributed by atoms with Gasteiger partial charge >= 0.3 is 0 Å². The monoisotopic (exact) mass is 313 g/mol. The minimum absolute atomic E-state index is 0.0421. The molecule has 1 amide bonds. The smallest absolute Gasteiger partial charge is 0.273 e. The number of likely N-dealkylation sites (tertiary alicyclic amines) is 1. The molecule has 1 aromatic carbocycles. The van der Waals surface area contributed by atoms with Crippen molar-refractivity contribution in [3.8, 4) is 5.75 Å². The molecule has 2 heterocycles. The molecule has 0 radical (unpaired) electrons. The Morgan fingerprint density at radius 3 is 2.83 bits per heavy atom. The summed E-state index contributed by atoms with van der Waals surface area (Å²) in [6, 6.07) is 8.12. The van der Waals surface area contributed by atoms with Gasteiger partial charge in [-0.1, -0.05) is 6.07 Å².